The minimum atomic E-state index is -0.322. The molecule has 1 N–H and O–H groups in total. The molecule has 2 rings (SSSR count). The number of carbonyl (C=O) groups excluding carboxylic acids is 2. The Morgan fingerprint density at radius 3 is 2.47 bits per heavy atom. The largest absolute Gasteiger partial charge is 0.343 e. The highest BCUT2D eigenvalue weighted by Crippen LogP contribution is 2.52. The van der Waals surface area contributed by atoms with Crippen LogP contribution in [0.15, 0.2) is 0 Å². The maximum Gasteiger partial charge on any atom is 0.245 e. The van der Waals surface area contributed by atoms with Gasteiger partial charge in [0.15, 0.2) is 0 Å². The summed E-state index contributed by atoms with van der Waals surface area (Å²) in [6, 6.07) is -0.631. The van der Waals surface area contributed by atoms with Gasteiger partial charge in [-0.25, -0.2) is 0 Å². The van der Waals surface area contributed by atoms with Gasteiger partial charge in [0.25, 0.3) is 0 Å². The lowest BCUT2D eigenvalue weighted by molar-refractivity contribution is -0.150. The van der Waals surface area contributed by atoms with E-state index in [9.17, 15) is 9.59 Å². The Hall–Kier alpha value is -1.06. The van der Waals surface area contributed by atoms with Gasteiger partial charge in [-0.1, -0.05) is 27.2 Å². The van der Waals surface area contributed by atoms with Crippen LogP contribution in [-0.2, 0) is 9.59 Å². The molecule has 0 aromatic heterocycles. The molecule has 0 spiro atoms. The van der Waals surface area contributed by atoms with Crippen molar-refractivity contribution in [1.29, 1.82) is 0 Å². The molecule has 108 valence electrons. The zero-order valence-electron chi connectivity index (χ0n) is 12.5. The van der Waals surface area contributed by atoms with E-state index in [0.29, 0.717) is 5.92 Å². The van der Waals surface area contributed by atoms with Gasteiger partial charge < -0.3 is 10.2 Å². The van der Waals surface area contributed by atoms with Crippen molar-refractivity contribution in [3.8, 4) is 0 Å². The van der Waals surface area contributed by atoms with Crippen LogP contribution in [-0.4, -0.2) is 35.3 Å². The third-order valence-electron chi connectivity index (χ3n) is 4.92. The van der Waals surface area contributed by atoms with Crippen LogP contribution in [0.25, 0.3) is 0 Å². The van der Waals surface area contributed by atoms with E-state index in [-0.39, 0.29) is 29.3 Å². The molecule has 2 unspecified atom stereocenters. The first-order chi connectivity index (χ1) is 8.91. The van der Waals surface area contributed by atoms with Crippen molar-refractivity contribution >= 4 is 11.8 Å². The number of carbonyl (C=O) groups is 2. The predicted octanol–water partition coefficient (Wildman–Crippen LogP) is 1.94. The molecule has 2 amide bonds. The van der Waals surface area contributed by atoms with Gasteiger partial charge in [-0.05, 0) is 37.5 Å². The molecule has 19 heavy (non-hydrogen) atoms. The molecular formula is C15H26N2O2. The molecule has 2 atom stereocenters. The van der Waals surface area contributed by atoms with Gasteiger partial charge in [0.05, 0.1) is 0 Å². The smallest absolute Gasteiger partial charge is 0.245 e. The lowest BCUT2D eigenvalue weighted by Gasteiger charge is -2.40. The summed E-state index contributed by atoms with van der Waals surface area (Å²) in [4.78, 5) is 26.3. The fourth-order valence-electron chi connectivity index (χ4n) is 3.00. The first-order valence-electron chi connectivity index (χ1n) is 7.52. The number of nitrogens with zero attached hydrogens (tertiary/aromatic N) is 1. The van der Waals surface area contributed by atoms with E-state index in [4.69, 9.17) is 0 Å². The summed E-state index contributed by atoms with van der Waals surface area (Å²) in [7, 11) is 0. The fourth-order valence-corrected chi connectivity index (χ4v) is 3.00. The topological polar surface area (TPSA) is 49.4 Å². The number of amides is 2. The molecular weight excluding hydrogens is 240 g/mol. The molecule has 0 aromatic carbocycles. The summed E-state index contributed by atoms with van der Waals surface area (Å²) in [5.74, 6) is 0.681. The van der Waals surface area contributed by atoms with Gasteiger partial charge in [0, 0.05) is 6.54 Å². The van der Waals surface area contributed by atoms with Crippen LogP contribution >= 0.6 is 0 Å². The Morgan fingerprint density at radius 2 is 2.00 bits per heavy atom. The minimum Gasteiger partial charge on any atom is -0.343 e. The van der Waals surface area contributed by atoms with Crippen LogP contribution in [0.5, 0.6) is 0 Å². The van der Waals surface area contributed by atoms with Crippen LogP contribution in [0.3, 0.4) is 0 Å². The van der Waals surface area contributed by atoms with E-state index in [2.05, 4.69) is 19.2 Å². The molecule has 1 saturated heterocycles. The summed E-state index contributed by atoms with van der Waals surface area (Å²) < 4.78 is 0. The summed E-state index contributed by atoms with van der Waals surface area (Å²) in [5.41, 5.74) is 0.262. The van der Waals surface area contributed by atoms with Crippen molar-refractivity contribution in [1.82, 2.24) is 10.2 Å². The van der Waals surface area contributed by atoms with Gasteiger partial charge in [-0.15, -0.1) is 0 Å². The molecule has 2 aliphatic rings. The van der Waals surface area contributed by atoms with E-state index >= 15 is 0 Å². The average Bonchev–Trinajstić information content (AvgIpc) is 3.13. The Kier molecular flexibility index (Phi) is 3.88. The second-order valence-corrected chi connectivity index (χ2v) is 6.51. The molecule has 0 bridgehead atoms. The van der Waals surface area contributed by atoms with Crippen molar-refractivity contribution in [3.05, 3.63) is 0 Å². The van der Waals surface area contributed by atoms with Gasteiger partial charge in [0.2, 0.25) is 11.8 Å². The highest BCUT2D eigenvalue weighted by Gasteiger charge is 2.50. The molecule has 1 saturated carbocycles. The lowest BCUT2D eigenvalue weighted by Crippen LogP contribution is -2.63. The molecule has 0 radical (unpaired) electrons. The van der Waals surface area contributed by atoms with Crippen molar-refractivity contribution in [2.24, 2.45) is 11.3 Å². The van der Waals surface area contributed by atoms with Crippen molar-refractivity contribution < 1.29 is 9.59 Å². The molecule has 1 aliphatic heterocycles. The Bertz CT molecular complexity index is 374. The van der Waals surface area contributed by atoms with Crippen LogP contribution < -0.4 is 5.32 Å². The van der Waals surface area contributed by atoms with E-state index in [1.807, 2.05) is 18.7 Å². The van der Waals surface area contributed by atoms with Crippen LogP contribution in [0, 0.1) is 11.3 Å². The zero-order chi connectivity index (χ0) is 14.2. The maximum atomic E-state index is 12.5. The predicted molar refractivity (Wildman–Crippen MR) is 74.5 cm³/mol. The standard InChI is InChI=1S/C15H26N2O2/c1-5-6-12-14(19)17(11(4)13(18)16-12)9-15(7-8-15)10(2)3/h10-12H,5-9H2,1-4H3,(H,16,18). The number of hydrogen-bond donors (Lipinski definition) is 1. The second kappa shape index (κ2) is 5.14. The zero-order valence-corrected chi connectivity index (χ0v) is 12.5. The van der Waals surface area contributed by atoms with E-state index in [1.165, 1.54) is 12.8 Å². The van der Waals surface area contributed by atoms with Crippen LogP contribution in [0.2, 0.25) is 0 Å². The first kappa shape index (κ1) is 14.4. The molecule has 2 fully saturated rings. The van der Waals surface area contributed by atoms with Gasteiger partial charge in [-0.3, -0.25) is 9.59 Å². The fraction of sp³-hybridized carbons (Fsp3) is 0.867. The highest BCUT2D eigenvalue weighted by molar-refractivity contribution is 5.96. The van der Waals surface area contributed by atoms with E-state index in [1.54, 1.807) is 0 Å². The number of rotatable bonds is 5. The third-order valence-corrected chi connectivity index (χ3v) is 4.92. The Labute approximate surface area is 115 Å². The number of hydrogen-bond acceptors (Lipinski definition) is 2. The molecule has 0 aromatic rings. The third kappa shape index (κ3) is 2.63. The average molecular weight is 266 g/mol. The van der Waals surface area contributed by atoms with Crippen molar-refractivity contribution in [2.75, 3.05) is 6.54 Å². The van der Waals surface area contributed by atoms with Crippen LogP contribution in [0.4, 0.5) is 0 Å². The second-order valence-electron chi connectivity index (χ2n) is 6.51. The monoisotopic (exact) mass is 266 g/mol. The van der Waals surface area contributed by atoms with E-state index < -0.39 is 0 Å². The SMILES string of the molecule is CCCC1NC(=O)C(C)N(CC2(C(C)C)CC2)C1=O. The first-order valence-corrected chi connectivity index (χ1v) is 7.52. The summed E-state index contributed by atoms with van der Waals surface area (Å²) >= 11 is 0. The molecule has 1 heterocycles. The lowest BCUT2D eigenvalue weighted by atomic mass is 9.90. The quantitative estimate of drug-likeness (QED) is 0.826. The van der Waals surface area contributed by atoms with Crippen molar-refractivity contribution in [3.63, 3.8) is 0 Å². The highest BCUT2D eigenvalue weighted by atomic mass is 16.2. The summed E-state index contributed by atoms with van der Waals surface area (Å²) in [5, 5.41) is 2.85. The van der Waals surface area contributed by atoms with Gasteiger partial charge >= 0.3 is 0 Å². The Morgan fingerprint density at radius 1 is 1.37 bits per heavy atom. The van der Waals surface area contributed by atoms with Crippen LogP contribution in [0.1, 0.15) is 53.4 Å². The van der Waals surface area contributed by atoms with E-state index in [0.717, 1.165) is 19.4 Å². The maximum absolute atomic E-state index is 12.5. The number of nitrogens with one attached hydrogen (secondary N) is 1. The molecule has 1 aliphatic carbocycles. The summed E-state index contributed by atoms with van der Waals surface area (Å²) in [6.07, 6.45) is 4.01. The van der Waals surface area contributed by atoms with Gasteiger partial charge in [0.1, 0.15) is 12.1 Å². The van der Waals surface area contributed by atoms with Crippen molar-refractivity contribution in [2.45, 2.75) is 65.5 Å². The minimum absolute atomic E-state index is 0.00222. The number of piperazine rings is 1. The summed E-state index contributed by atoms with van der Waals surface area (Å²) in [6.45, 7) is 9.06. The normalized spacial score (nSPS) is 29.6. The molecule has 4 nitrogen and oxygen atoms in total. The molecule has 4 heteroatoms. The Balaban J connectivity index is 2.12. The van der Waals surface area contributed by atoms with Gasteiger partial charge in [-0.2, -0.15) is 0 Å².